The Morgan fingerprint density at radius 2 is 1.74 bits per heavy atom. The first-order valence-corrected chi connectivity index (χ1v) is 13.4. The lowest BCUT2D eigenvalue weighted by atomic mass is 9.95. The van der Waals surface area contributed by atoms with Crippen LogP contribution in [-0.2, 0) is 17.5 Å². The van der Waals surface area contributed by atoms with Crippen LogP contribution in [0.25, 0.3) is 22.3 Å². The fourth-order valence-electron chi connectivity index (χ4n) is 5.78. The molecule has 2 saturated heterocycles. The van der Waals surface area contributed by atoms with E-state index < -0.39 is 17.7 Å². The van der Waals surface area contributed by atoms with E-state index in [2.05, 4.69) is 14.8 Å². The van der Waals surface area contributed by atoms with Crippen LogP contribution in [0.4, 0.5) is 13.2 Å². The van der Waals surface area contributed by atoms with Crippen molar-refractivity contribution in [2.45, 2.75) is 50.9 Å². The minimum Gasteiger partial charge on any atom is -0.481 e. The quantitative estimate of drug-likeness (QED) is 0.378. The molecule has 3 aromatic rings. The van der Waals surface area contributed by atoms with Crippen LogP contribution in [0, 0.1) is 0 Å². The van der Waals surface area contributed by atoms with E-state index in [4.69, 9.17) is 14.5 Å². The highest BCUT2D eigenvalue weighted by Crippen LogP contribution is 2.36. The summed E-state index contributed by atoms with van der Waals surface area (Å²) < 4.78 is 51.3. The van der Waals surface area contributed by atoms with Crippen molar-refractivity contribution in [2.24, 2.45) is 0 Å². The molecule has 5 rings (SSSR count). The number of esters is 1. The van der Waals surface area contributed by atoms with Gasteiger partial charge in [-0.2, -0.15) is 13.2 Å². The average molecular weight is 543 g/mol. The lowest BCUT2D eigenvalue weighted by molar-refractivity contribution is -0.137. The number of nitrogens with zero attached hydrogens (tertiary/aromatic N) is 4. The van der Waals surface area contributed by atoms with E-state index in [1.807, 2.05) is 0 Å². The summed E-state index contributed by atoms with van der Waals surface area (Å²) in [4.78, 5) is 27.3. The molecule has 2 aliphatic heterocycles. The lowest BCUT2D eigenvalue weighted by Crippen LogP contribution is -2.46. The highest BCUT2D eigenvalue weighted by atomic mass is 19.4. The molecule has 7 nitrogen and oxygen atoms in total. The van der Waals surface area contributed by atoms with E-state index in [0.29, 0.717) is 40.8 Å². The van der Waals surface area contributed by atoms with Gasteiger partial charge in [0.2, 0.25) is 5.88 Å². The van der Waals surface area contributed by atoms with Gasteiger partial charge in [0, 0.05) is 29.8 Å². The van der Waals surface area contributed by atoms with Gasteiger partial charge in [0.25, 0.3) is 0 Å². The predicted molar refractivity (Wildman–Crippen MR) is 142 cm³/mol. The first-order valence-electron chi connectivity index (χ1n) is 13.4. The summed E-state index contributed by atoms with van der Waals surface area (Å²) in [6.45, 7) is 4.24. The number of carbonyl (C=O) groups excluding carboxylic acids is 1. The number of halogens is 3. The number of pyridine rings is 2. The molecule has 2 aliphatic rings. The number of benzene rings is 1. The maximum absolute atomic E-state index is 13.6. The molecule has 2 aromatic heterocycles. The molecule has 0 amide bonds. The molecule has 1 aromatic carbocycles. The molecular formula is C29H33F3N4O3. The van der Waals surface area contributed by atoms with Gasteiger partial charge in [-0.15, -0.1) is 0 Å². The van der Waals surface area contributed by atoms with Gasteiger partial charge in [0.1, 0.15) is 5.52 Å². The molecular weight excluding hydrogens is 509 g/mol. The second-order valence-electron chi connectivity index (χ2n) is 10.2. The predicted octanol–water partition coefficient (Wildman–Crippen LogP) is 5.56. The second-order valence-corrected chi connectivity index (χ2v) is 10.2. The molecule has 39 heavy (non-hydrogen) atoms. The first kappa shape index (κ1) is 27.3. The minimum absolute atomic E-state index is 0.201. The zero-order valence-electron chi connectivity index (χ0n) is 22.3. The molecule has 0 radical (unpaired) electrons. The zero-order chi connectivity index (χ0) is 27.6. The van der Waals surface area contributed by atoms with Crippen LogP contribution < -0.4 is 4.74 Å². The highest BCUT2D eigenvalue weighted by Gasteiger charge is 2.32. The van der Waals surface area contributed by atoms with Crippen LogP contribution in [0.5, 0.6) is 5.88 Å². The van der Waals surface area contributed by atoms with Crippen molar-refractivity contribution in [3.63, 3.8) is 0 Å². The van der Waals surface area contributed by atoms with Crippen LogP contribution in [0.15, 0.2) is 36.4 Å². The van der Waals surface area contributed by atoms with Gasteiger partial charge >= 0.3 is 12.1 Å². The van der Waals surface area contributed by atoms with E-state index in [0.717, 1.165) is 51.2 Å². The topological polar surface area (TPSA) is 67.8 Å². The van der Waals surface area contributed by atoms with Crippen LogP contribution in [0.1, 0.15) is 53.6 Å². The number of piperidine rings is 2. The molecule has 10 heteroatoms. The Morgan fingerprint density at radius 1 is 1.00 bits per heavy atom. The first-order chi connectivity index (χ1) is 18.8. The molecule has 0 bridgehead atoms. The summed E-state index contributed by atoms with van der Waals surface area (Å²) in [5.74, 6) is -0.316. The number of likely N-dealkylation sites (tertiary alicyclic amines) is 2. The number of hydrogen-bond donors (Lipinski definition) is 0. The third-order valence-electron chi connectivity index (χ3n) is 7.81. The number of hydrogen-bond acceptors (Lipinski definition) is 7. The van der Waals surface area contributed by atoms with Gasteiger partial charge in [-0.1, -0.05) is 18.6 Å². The van der Waals surface area contributed by atoms with Gasteiger partial charge in [0.05, 0.1) is 36.6 Å². The maximum atomic E-state index is 13.6. The molecule has 0 spiro atoms. The van der Waals surface area contributed by atoms with E-state index in [1.165, 1.54) is 39.5 Å². The standard InChI is InChI=1S/C29H33F3N4O3/c1-38-24-10-9-23-27(34-24)25(28(37)39-2)22(26(33-23)19-7-6-8-20(17-19)29(30,31)32)18-35-15-11-21(12-16-35)36-13-4-3-5-14-36/h6-10,17,21H,3-5,11-16,18H2,1-2H3. The van der Waals surface area contributed by atoms with Gasteiger partial charge in [0.15, 0.2) is 0 Å². The van der Waals surface area contributed by atoms with Gasteiger partial charge < -0.3 is 14.4 Å². The second kappa shape index (κ2) is 11.5. The molecule has 0 N–H and O–H groups in total. The number of carbonyl (C=O) groups is 1. The van der Waals surface area contributed by atoms with Crippen LogP contribution in [0.3, 0.4) is 0 Å². The van der Waals surface area contributed by atoms with Crippen LogP contribution >= 0.6 is 0 Å². The van der Waals surface area contributed by atoms with E-state index in [9.17, 15) is 18.0 Å². The summed E-state index contributed by atoms with van der Waals surface area (Å²) in [6.07, 6.45) is 1.25. The fraction of sp³-hybridized carbons (Fsp3) is 0.483. The van der Waals surface area contributed by atoms with Gasteiger partial charge in [-0.25, -0.2) is 14.8 Å². The van der Waals surface area contributed by atoms with Crippen molar-refractivity contribution in [3.05, 3.63) is 53.1 Å². The van der Waals surface area contributed by atoms with Crippen molar-refractivity contribution >= 4 is 17.0 Å². The summed E-state index contributed by atoms with van der Waals surface area (Å²) in [5, 5.41) is 0. The molecule has 0 saturated carbocycles. The molecule has 4 heterocycles. The van der Waals surface area contributed by atoms with Crippen molar-refractivity contribution in [2.75, 3.05) is 40.4 Å². The van der Waals surface area contributed by atoms with E-state index in [1.54, 1.807) is 18.2 Å². The van der Waals surface area contributed by atoms with E-state index >= 15 is 0 Å². The summed E-state index contributed by atoms with van der Waals surface area (Å²) in [5.41, 5.74) is 1.21. The summed E-state index contributed by atoms with van der Waals surface area (Å²) in [7, 11) is 2.76. The Labute approximate surface area is 225 Å². The van der Waals surface area contributed by atoms with Gasteiger partial charge in [-0.05, 0) is 70.1 Å². The normalized spacial score (nSPS) is 17.9. The molecule has 0 atom stereocenters. The van der Waals surface area contributed by atoms with Crippen LogP contribution in [0.2, 0.25) is 0 Å². The van der Waals surface area contributed by atoms with Crippen molar-refractivity contribution in [1.29, 1.82) is 0 Å². The summed E-state index contributed by atoms with van der Waals surface area (Å²) >= 11 is 0. The molecule has 0 aliphatic carbocycles. The Bertz CT molecular complexity index is 1330. The van der Waals surface area contributed by atoms with Crippen LogP contribution in [-0.4, -0.2) is 72.2 Å². The fourth-order valence-corrected chi connectivity index (χ4v) is 5.78. The molecule has 208 valence electrons. The summed E-state index contributed by atoms with van der Waals surface area (Å²) in [6, 6.07) is 8.86. The number of methoxy groups -OCH3 is 2. The largest absolute Gasteiger partial charge is 0.481 e. The number of rotatable bonds is 6. The Kier molecular flexibility index (Phi) is 8.04. The van der Waals surface area contributed by atoms with E-state index in [-0.39, 0.29) is 11.1 Å². The number of ether oxygens (including phenoxy) is 2. The number of alkyl halides is 3. The maximum Gasteiger partial charge on any atom is 0.416 e. The third-order valence-corrected chi connectivity index (χ3v) is 7.81. The Morgan fingerprint density at radius 3 is 2.41 bits per heavy atom. The SMILES string of the molecule is COC(=O)c1c(CN2CCC(N3CCCCC3)CC2)c(-c2cccc(C(F)(F)F)c2)nc2ccc(OC)nc12. The minimum atomic E-state index is -4.51. The third kappa shape index (κ3) is 5.86. The lowest BCUT2D eigenvalue weighted by Gasteiger charge is -2.40. The molecule has 0 unspecified atom stereocenters. The van der Waals surface area contributed by atoms with Gasteiger partial charge in [-0.3, -0.25) is 4.90 Å². The smallest absolute Gasteiger partial charge is 0.416 e. The highest BCUT2D eigenvalue weighted by molar-refractivity contribution is 6.05. The molecule has 2 fully saturated rings. The Balaban J connectivity index is 1.58. The monoisotopic (exact) mass is 542 g/mol. The van der Waals surface area contributed by atoms with Crippen molar-refractivity contribution in [1.82, 2.24) is 19.8 Å². The Hall–Kier alpha value is -3.24. The van der Waals surface area contributed by atoms with Crippen molar-refractivity contribution in [3.8, 4) is 17.1 Å². The zero-order valence-corrected chi connectivity index (χ0v) is 22.3. The number of fused-ring (bicyclic) bond motifs is 1. The average Bonchev–Trinajstić information content (AvgIpc) is 2.96. The van der Waals surface area contributed by atoms with Crippen molar-refractivity contribution < 1.29 is 27.4 Å². The number of aromatic nitrogens is 2.